The molecule has 0 unspecified atom stereocenters. The molecule has 0 aliphatic rings. The van der Waals surface area contributed by atoms with Gasteiger partial charge in [-0.1, -0.05) is 17.7 Å². The Morgan fingerprint density at radius 3 is 2.25 bits per heavy atom. The number of benzene rings is 2. The van der Waals surface area contributed by atoms with Gasteiger partial charge in [-0.05, 0) is 48.9 Å². The number of nitrogens with two attached hydrogens (primary N) is 1. The molecule has 2 aromatic rings. The van der Waals surface area contributed by atoms with E-state index >= 15 is 0 Å². The van der Waals surface area contributed by atoms with Crippen LogP contribution in [0.3, 0.4) is 0 Å². The van der Waals surface area contributed by atoms with E-state index in [1.807, 2.05) is 31.2 Å². The number of anilines is 1. The van der Waals surface area contributed by atoms with Gasteiger partial charge < -0.3 is 10.5 Å². The fourth-order valence-corrected chi connectivity index (χ4v) is 1.48. The number of ether oxygens (including phenoxy) is 1. The zero-order valence-electron chi connectivity index (χ0n) is 8.91. The molecule has 2 rings (SSSR count). The van der Waals surface area contributed by atoms with E-state index < -0.39 is 0 Å². The van der Waals surface area contributed by atoms with Gasteiger partial charge in [0.15, 0.2) is 0 Å². The summed E-state index contributed by atoms with van der Waals surface area (Å²) in [6, 6.07) is 12.8. The Labute approximate surface area is 99.6 Å². The Kier molecular flexibility index (Phi) is 3.02. The standard InChI is InChI=1S/C13H12ClNO/c1-9-2-5-12(8-13(9)14)16-11-6-3-10(15)4-7-11/h2-8H,15H2,1H3. The van der Waals surface area contributed by atoms with Crippen LogP contribution in [0.25, 0.3) is 0 Å². The molecule has 0 radical (unpaired) electrons. The summed E-state index contributed by atoms with van der Waals surface area (Å²) in [4.78, 5) is 0. The van der Waals surface area contributed by atoms with Gasteiger partial charge in [0, 0.05) is 10.7 Å². The first kappa shape index (κ1) is 10.8. The summed E-state index contributed by atoms with van der Waals surface area (Å²) in [5, 5.41) is 0.702. The summed E-state index contributed by atoms with van der Waals surface area (Å²) in [5.74, 6) is 1.47. The average Bonchev–Trinajstić information content (AvgIpc) is 2.27. The van der Waals surface area contributed by atoms with Crippen LogP contribution in [0.4, 0.5) is 5.69 Å². The molecule has 16 heavy (non-hydrogen) atoms. The first-order valence-corrected chi connectivity index (χ1v) is 5.32. The Balaban J connectivity index is 2.20. The predicted octanol–water partition coefficient (Wildman–Crippen LogP) is 4.02. The summed E-state index contributed by atoms with van der Waals surface area (Å²) in [7, 11) is 0. The van der Waals surface area contributed by atoms with Gasteiger partial charge in [0.2, 0.25) is 0 Å². The highest BCUT2D eigenvalue weighted by molar-refractivity contribution is 6.31. The second kappa shape index (κ2) is 4.45. The topological polar surface area (TPSA) is 35.2 Å². The molecular weight excluding hydrogens is 222 g/mol. The van der Waals surface area contributed by atoms with E-state index in [-0.39, 0.29) is 0 Å². The van der Waals surface area contributed by atoms with E-state index in [4.69, 9.17) is 22.1 Å². The van der Waals surface area contributed by atoms with Crippen LogP contribution in [-0.2, 0) is 0 Å². The minimum absolute atomic E-state index is 0.702. The molecule has 0 aliphatic heterocycles. The van der Waals surface area contributed by atoms with Crippen LogP contribution in [-0.4, -0.2) is 0 Å². The van der Waals surface area contributed by atoms with Crippen molar-refractivity contribution >= 4 is 17.3 Å². The van der Waals surface area contributed by atoms with E-state index in [1.54, 1.807) is 18.2 Å². The van der Waals surface area contributed by atoms with Crippen LogP contribution in [0.5, 0.6) is 11.5 Å². The zero-order chi connectivity index (χ0) is 11.5. The molecule has 0 saturated carbocycles. The third-order valence-electron chi connectivity index (χ3n) is 2.26. The molecule has 0 aliphatic carbocycles. The van der Waals surface area contributed by atoms with E-state index in [2.05, 4.69) is 0 Å². The lowest BCUT2D eigenvalue weighted by Crippen LogP contribution is -1.87. The van der Waals surface area contributed by atoms with Crippen molar-refractivity contribution in [2.75, 3.05) is 5.73 Å². The zero-order valence-corrected chi connectivity index (χ0v) is 9.66. The molecule has 2 N–H and O–H groups in total. The number of hydrogen-bond acceptors (Lipinski definition) is 2. The molecule has 0 atom stereocenters. The molecule has 0 heterocycles. The minimum atomic E-state index is 0.702. The number of halogens is 1. The SMILES string of the molecule is Cc1ccc(Oc2ccc(N)cc2)cc1Cl. The Bertz CT molecular complexity index is 494. The lowest BCUT2D eigenvalue weighted by Gasteiger charge is -2.07. The third kappa shape index (κ3) is 2.47. The lowest BCUT2D eigenvalue weighted by molar-refractivity contribution is 0.482. The summed E-state index contributed by atoms with van der Waals surface area (Å²) >= 11 is 6.01. The molecular formula is C13H12ClNO. The van der Waals surface area contributed by atoms with Crippen LogP contribution in [0.15, 0.2) is 42.5 Å². The van der Waals surface area contributed by atoms with Crippen LogP contribution < -0.4 is 10.5 Å². The highest BCUT2D eigenvalue weighted by Gasteiger charge is 2.00. The third-order valence-corrected chi connectivity index (χ3v) is 2.67. The summed E-state index contributed by atoms with van der Waals surface area (Å²) < 4.78 is 5.63. The van der Waals surface area contributed by atoms with Crippen LogP contribution in [0.2, 0.25) is 5.02 Å². The van der Waals surface area contributed by atoms with Gasteiger partial charge in [0.25, 0.3) is 0 Å². The number of rotatable bonds is 2. The lowest BCUT2D eigenvalue weighted by atomic mass is 10.2. The second-order valence-electron chi connectivity index (χ2n) is 3.58. The van der Waals surface area contributed by atoms with Gasteiger partial charge in [-0.15, -0.1) is 0 Å². The molecule has 0 amide bonds. The Morgan fingerprint density at radius 2 is 1.62 bits per heavy atom. The van der Waals surface area contributed by atoms with Crippen molar-refractivity contribution in [3.05, 3.63) is 53.1 Å². The normalized spacial score (nSPS) is 10.1. The first-order chi connectivity index (χ1) is 7.65. The maximum absolute atomic E-state index is 6.01. The highest BCUT2D eigenvalue weighted by atomic mass is 35.5. The summed E-state index contributed by atoms with van der Waals surface area (Å²) in [6.07, 6.45) is 0. The summed E-state index contributed by atoms with van der Waals surface area (Å²) in [6.45, 7) is 1.95. The molecule has 0 aromatic heterocycles. The number of aryl methyl sites for hydroxylation is 1. The summed E-state index contributed by atoms with van der Waals surface area (Å²) in [5.41, 5.74) is 7.34. The molecule has 0 saturated heterocycles. The molecule has 0 spiro atoms. The van der Waals surface area contributed by atoms with Crippen molar-refractivity contribution < 1.29 is 4.74 Å². The molecule has 3 heteroatoms. The fourth-order valence-electron chi connectivity index (χ4n) is 1.31. The van der Waals surface area contributed by atoms with Crippen molar-refractivity contribution in [2.45, 2.75) is 6.92 Å². The van der Waals surface area contributed by atoms with Crippen LogP contribution in [0, 0.1) is 6.92 Å². The molecule has 0 bridgehead atoms. The monoisotopic (exact) mass is 233 g/mol. The Morgan fingerprint density at radius 1 is 1.00 bits per heavy atom. The van der Waals surface area contributed by atoms with Crippen molar-refractivity contribution in [1.82, 2.24) is 0 Å². The first-order valence-electron chi connectivity index (χ1n) is 4.95. The number of hydrogen-bond donors (Lipinski definition) is 1. The smallest absolute Gasteiger partial charge is 0.128 e. The van der Waals surface area contributed by atoms with Gasteiger partial charge in [-0.3, -0.25) is 0 Å². The van der Waals surface area contributed by atoms with E-state index in [1.165, 1.54) is 0 Å². The van der Waals surface area contributed by atoms with E-state index in [9.17, 15) is 0 Å². The van der Waals surface area contributed by atoms with Gasteiger partial charge in [0.1, 0.15) is 11.5 Å². The Hall–Kier alpha value is -1.67. The van der Waals surface area contributed by atoms with Gasteiger partial charge >= 0.3 is 0 Å². The van der Waals surface area contributed by atoms with Gasteiger partial charge in [0.05, 0.1) is 0 Å². The van der Waals surface area contributed by atoms with Crippen molar-refractivity contribution in [3.8, 4) is 11.5 Å². The molecule has 2 aromatic carbocycles. The fraction of sp³-hybridized carbons (Fsp3) is 0.0769. The number of nitrogen functional groups attached to an aromatic ring is 1. The average molecular weight is 234 g/mol. The largest absolute Gasteiger partial charge is 0.457 e. The van der Waals surface area contributed by atoms with Crippen molar-refractivity contribution in [2.24, 2.45) is 0 Å². The molecule has 2 nitrogen and oxygen atoms in total. The minimum Gasteiger partial charge on any atom is -0.457 e. The molecule has 0 fully saturated rings. The molecule has 82 valence electrons. The van der Waals surface area contributed by atoms with Crippen molar-refractivity contribution in [3.63, 3.8) is 0 Å². The van der Waals surface area contributed by atoms with Crippen molar-refractivity contribution in [1.29, 1.82) is 0 Å². The maximum atomic E-state index is 6.01. The predicted molar refractivity (Wildman–Crippen MR) is 67.1 cm³/mol. The highest BCUT2D eigenvalue weighted by Crippen LogP contribution is 2.26. The van der Waals surface area contributed by atoms with E-state index in [0.29, 0.717) is 10.7 Å². The van der Waals surface area contributed by atoms with E-state index in [0.717, 1.165) is 17.1 Å². The van der Waals surface area contributed by atoms with Crippen LogP contribution >= 0.6 is 11.6 Å². The second-order valence-corrected chi connectivity index (χ2v) is 3.99. The van der Waals surface area contributed by atoms with Gasteiger partial charge in [-0.2, -0.15) is 0 Å². The van der Waals surface area contributed by atoms with Crippen LogP contribution in [0.1, 0.15) is 5.56 Å². The maximum Gasteiger partial charge on any atom is 0.128 e. The van der Waals surface area contributed by atoms with Gasteiger partial charge in [-0.25, -0.2) is 0 Å². The quantitative estimate of drug-likeness (QED) is 0.795.